The summed E-state index contributed by atoms with van der Waals surface area (Å²) < 4.78 is 32.1. The molecule has 7 nitrogen and oxygen atoms in total. The second-order valence-corrected chi connectivity index (χ2v) is 5.40. The van der Waals surface area contributed by atoms with Crippen molar-refractivity contribution in [2.24, 2.45) is 5.73 Å². The highest BCUT2D eigenvalue weighted by molar-refractivity contribution is 7.91. The number of amides is 1. The van der Waals surface area contributed by atoms with Crippen LogP contribution in [0.2, 0.25) is 0 Å². The third kappa shape index (κ3) is 5.72. The van der Waals surface area contributed by atoms with E-state index in [4.69, 9.17) is 5.73 Å². The highest BCUT2D eigenvalue weighted by Gasteiger charge is 2.16. The van der Waals surface area contributed by atoms with Gasteiger partial charge in [0.15, 0.2) is 0 Å². The number of hydrogen-bond donors (Lipinski definition) is 3. The van der Waals surface area contributed by atoms with Crippen molar-refractivity contribution in [1.29, 1.82) is 0 Å². The van der Waals surface area contributed by atoms with E-state index in [1.807, 2.05) is 6.92 Å². The summed E-state index contributed by atoms with van der Waals surface area (Å²) in [6.45, 7) is 3.64. The Labute approximate surface area is 124 Å². The van der Waals surface area contributed by atoms with Crippen molar-refractivity contribution >= 4 is 22.0 Å². The third-order valence-corrected chi connectivity index (χ3v) is 3.16. The lowest BCUT2D eigenvalue weighted by atomic mass is 10.1. The second kappa shape index (κ2) is 7.52. The predicted octanol–water partition coefficient (Wildman–Crippen LogP) is 0.708. The molecule has 0 fully saturated rings. The monoisotopic (exact) mass is 311 g/mol. The van der Waals surface area contributed by atoms with Crippen LogP contribution in [0.3, 0.4) is 0 Å². The van der Waals surface area contributed by atoms with Gasteiger partial charge in [0.2, 0.25) is 0 Å². The Bertz CT molecular complexity index is 674. The molecule has 0 radical (unpaired) electrons. The smallest absolute Gasteiger partial charge is 0.422 e. The molecule has 114 valence electrons. The molecule has 0 aliphatic carbocycles. The molecule has 0 aliphatic rings. The number of nitrogens with two attached hydrogens (primary N) is 1. The minimum absolute atomic E-state index is 0.0686. The molecule has 0 unspecified atom stereocenters. The van der Waals surface area contributed by atoms with Crippen LogP contribution in [0.4, 0.5) is 10.5 Å². The van der Waals surface area contributed by atoms with Crippen LogP contribution >= 0.6 is 0 Å². The first-order chi connectivity index (χ1) is 9.88. The van der Waals surface area contributed by atoms with Crippen LogP contribution in [0.1, 0.15) is 18.1 Å². The summed E-state index contributed by atoms with van der Waals surface area (Å²) in [6.07, 6.45) is -1.05. The molecule has 0 spiro atoms. The molecule has 4 N–H and O–H groups in total. The molecule has 1 rings (SSSR count). The molecular weight excluding hydrogens is 294 g/mol. The van der Waals surface area contributed by atoms with Crippen LogP contribution in [0, 0.1) is 18.8 Å². The van der Waals surface area contributed by atoms with Gasteiger partial charge in [-0.25, -0.2) is 9.52 Å². The number of aryl methyl sites for hydroxylation is 1. The molecule has 0 saturated carbocycles. The van der Waals surface area contributed by atoms with Gasteiger partial charge >= 0.3 is 16.3 Å². The largest absolute Gasteiger partial charge is 0.449 e. The quantitative estimate of drug-likeness (QED) is 0.709. The summed E-state index contributed by atoms with van der Waals surface area (Å²) in [6, 6.07) is 4.99. The lowest BCUT2D eigenvalue weighted by Gasteiger charge is -2.11. The average molecular weight is 311 g/mol. The zero-order chi connectivity index (χ0) is 15.9. The molecule has 1 aromatic rings. The number of nitrogens with one attached hydrogen (secondary N) is 2. The van der Waals surface area contributed by atoms with Crippen molar-refractivity contribution < 1.29 is 17.9 Å². The molecule has 0 saturated heterocycles. The van der Waals surface area contributed by atoms with Gasteiger partial charge in [0, 0.05) is 5.56 Å². The third-order valence-electron chi connectivity index (χ3n) is 2.24. The van der Waals surface area contributed by atoms with Crippen molar-refractivity contribution in [3.8, 4) is 11.8 Å². The van der Waals surface area contributed by atoms with E-state index in [1.165, 1.54) is 0 Å². The second-order valence-electron chi connectivity index (χ2n) is 3.98. The lowest BCUT2D eigenvalue weighted by Crippen LogP contribution is -2.35. The highest BCUT2D eigenvalue weighted by Crippen LogP contribution is 2.17. The Balaban J connectivity index is 2.99. The first-order valence-corrected chi connectivity index (χ1v) is 7.63. The van der Waals surface area contributed by atoms with E-state index in [-0.39, 0.29) is 18.8 Å². The summed E-state index contributed by atoms with van der Waals surface area (Å²) in [4.78, 5) is 11.2. The number of ether oxygens (including phenoxy) is 1. The summed E-state index contributed by atoms with van der Waals surface area (Å²) in [5.74, 6) is 5.42. The summed E-state index contributed by atoms with van der Waals surface area (Å²) >= 11 is 0. The predicted molar refractivity (Wildman–Crippen MR) is 79.8 cm³/mol. The van der Waals surface area contributed by atoms with Gasteiger partial charge < -0.3 is 10.5 Å². The Morgan fingerprint density at radius 1 is 1.43 bits per heavy atom. The van der Waals surface area contributed by atoms with E-state index in [2.05, 4.69) is 21.3 Å². The number of anilines is 1. The summed E-state index contributed by atoms with van der Waals surface area (Å²) in [7, 11) is -4.09. The Morgan fingerprint density at radius 3 is 2.76 bits per heavy atom. The fourth-order valence-electron chi connectivity index (χ4n) is 1.44. The maximum atomic E-state index is 11.8. The maximum Gasteiger partial charge on any atom is 0.422 e. The zero-order valence-electron chi connectivity index (χ0n) is 11.8. The van der Waals surface area contributed by atoms with E-state index >= 15 is 0 Å². The SMILES string of the molecule is CCOC(=O)NS(=O)(=O)Nc1ccc(C)cc1C#CCN. The molecular formula is C13H17N3O4S. The standard InChI is InChI=1S/C13H17N3O4S/c1-3-20-13(17)16-21(18,19)15-12-7-6-10(2)9-11(12)5-4-8-14/h6-7,9,15H,3,8,14H2,1-2H3,(H,16,17). The molecule has 0 aliphatic heterocycles. The van der Waals surface area contributed by atoms with Crippen LogP contribution in [0.25, 0.3) is 0 Å². The molecule has 21 heavy (non-hydrogen) atoms. The van der Waals surface area contributed by atoms with Gasteiger partial charge in [-0.05, 0) is 31.5 Å². The molecule has 0 bridgehead atoms. The fourth-order valence-corrected chi connectivity index (χ4v) is 2.23. The van der Waals surface area contributed by atoms with Gasteiger partial charge in [-0.15, -0.1) is 0 Å². The number of rotatable bonds is 4. The topological polar surface area (TPSA) is 111 Å². The average Bonchev–Trinajstić information content (AvgIpc) is 2.38. The molecule has 0 heterocycles. The van der Waals surface area contributed by atoms with E-state index in [0.29, 0.717) is 5.56 Å². The number of carbonyl (C=O) groups excluding carboxylic acids is 1. The first-order valence-electron chi connectivity index (χ1n) is 6.15. The first kappa shape index (κ1) is 16.8. The Hall–Kier alpha value is -2.24. The number of carbonyl (C=O) groups is 1. The number of hydrogen-bond acceptors (Lipinski definition) is 5. The maximum absolute atomic E-state index is 11.8. The van der Waals surface area contributed by atoms with Crippen LogP contribution < -0.4 is 15.2 Å². The van der Waals surface area contributed by atoms with Crippen LogP contribution in [-0.2, 0) is 14.9 Å². The minimum atomic E-state index is -4.09. The normalized spacial score (nSPS) is 10.2. The molecule has 1 amide bonds. The van der Waals surface area contributed by atoms with Crippen molar-refractivity contribution in [3.63, 3.8) is 0 Å². The molecule has 0 aromatic heterocycles. The van der Waals surface area contributed by atoms with E-state index in [0.717, 1.165) is 5.56 Å². The molecule has 0 atom stereocenters. The van der Waals surface area contributed by atoms with Crippen molar-refractivity contribution in [1.82, 2.24) is 4.72 Å². The lowest BCUT2D eigenvalue weighted by molar-refractivity contribution is 0.159. The Morgan fingerprint density at radius 2 is 2.14 bits per heavy atom. The van der Waals surface area contributed by atoms with E-state index in [9.17, 15) is 13.2 Å². The summed E-state index contributed by atoms with van der Waals surface area (Å²) in [5.41, 5.74) is 6.94. The van der Waals surface area contributed by atoms with E-state index < -0.39 is 16.3 Å². The number of benzene rings is 1. The van der Waals surface area contributed by atoms with Crippen molar-refractivity contribution in [3.05, 3.63) is 29.3 Å². The van der Waals surface area contributed by atoms with Crippen LogP contribution in [0.5, 0.6) is 0 Å². The zero-order valence-corrected chi connectivity index (χ0v) is 12.6. The van der Waals surface area contributed by atoms with E-state index in [1.54, 1.807) is 29.8 Å². The summed E-state index contributed by atoms with van der Waals surface area (Å²) in [5, 5.41) is 0. The Kier molecular flexibility index (Phi) is 6.02. The van der Waals surface area contributed by atoms with Crippen LogP contribution in [0.15, 0.2) is 18.2 Å². The van der Waals surface area contributed by atoms with Gasteiger partial charge in [0.05, 0.1) is 18.8 Å². The highest BCUT2D eigenvalue weighted by atomic mass is 32.2. The van der Waals surface area contributed by atoms with Gasteiger partial charge in [-0.3, -0.25) is 4.72 Å². The van der Waals surface area contributed by atoms with Gasteiger partial charge in [-0.2, -0.15) is 8.42 Å². The molecule has 1 aromatic carbocycles. The fraction of sp³-hybridized carbons (Fsp3) is 0.308. The van der Waals surface area contributed by atoms with Gasteiger partial charge in [-0.1, -0.05) is 17.9 Å². The minimum Gasteiger partial charge on any atom is -0.449 e. The van der Waals surface area contributed by atoms with Crippen molar-refractivity contribution in [2.45, 2.75) is 13.8 Å². The van der Waals surface area contributed by atoms with Gasteiger partial charge in [0.1, 0.15) is 0 Å². The van der Waals surface area contributed by atoms with Gasteiger partial charge in [0.25, 0.3) is 0 Å². The van der Waals surface area contributed by atoms with Crippen molar-refractivity contribution in [2.75, 3.05) is 17.9 Å². The van der Waals surface area contributed by atoms with Crippen LogP contribution in [-0.4, -0.2) is 27.7 Å². The molecule has 8 heteroatoms.